The number of carbonyl (C=O) groups is 2. The Balaban J connectivity index is 1.18. The van der Waals surface area contributed by atoms with E-state index in [-0.39, 0.29) is 29.7 Å². The smallest absolute Gasteiger partial charge is 0.253 e. The van der Waals surface area contributed by atoms with E-state index in [1.807, 2.05) is 47.8 Å². The average molecular weight is 493 g/mol. The van der Waals surface area contributed by atoms with Gasteiger partial charge in [-0.2, -0.15) is 10.1 Å². The van der Waals surface area contributed by atoms with E-state index in [2.05, 4.69) is 25.7 Å². The van der Waals surface area contributed by atoms with Gasteiger partial charge < -0.3 is 20.4 Å². The lowest BCUT2D eigenvalue weighted by molar-refractivity contribution is -0.117. The van der Waals surface area contributed by atoms with Gasteiger partial charge in [0.2, 0.25) is 11.9 Å². The zero-order valence-corrected chi connectivity index (χ0v) is 20.5. The summed E-state index contributed by atoms with van der Waals surface area (Å²) in [5.41, 5.74) is 2.84. The minimum Gasteiger partial charge on any atom is -0.350 e. The minimum absolute atomic E-state index is 0.0706. The first-order valence-electron chi connectivity index (χ1n) is 12.0. The molecule has 0 aliphatic carbocycles. The number of fused-ring (bicyclic) bond motifs is 1. The van der Waals surface area contributed by atoms with Crippen molar-refractivity contribution in [2.45, 2.75) is 45.3 Å². The Labute approximate surface area is 208 Å². The number of anilines is 3. The van der Waals surface area contributed by atoms with Crippen LogP contribution in [0, 0.1) is 12.7 Å². The Morgan fingerprint density at radius 3 is 2.64 bits per heavy atom. The second kappa shape index (κ2) is 9.56. The predicted molar refractivity (Wildman–Crippen MR) is 133 cm³/mol. The van der Waals surface area contributed by atoms with E-state index in [1.54, 1.807) is 0 Å². The van der Waals surface area contributed by atoms with Crippen LogP contribution in [0.25, 0.3) is 0 Å². The molecule has 188 valence electrons. The highest BCUT2D eigenvalue weighted by molar-refractivity contribution is 6.03. The fourth-order valence-corrected chi connectivity index (χ4v) is 4.58. The maximum absolute atomic E-state index is 13.2. The molecule has 10 nitrogen and oxygen atoms in total. The fourth-order valence-electron chi connectivity index (χ4n) is 4.58. The number of rotatable bonds is 5. The number of hydrogen-bond acceptors (Lipinski definition) is 7. The van der Waals surface area contributed by atoms with Crippen molar-refractivity contribution in [2.75, 3.05) is 35.7 Å². The zero-order valence-electron chi connectivity index (χ0n) is 20.5. The van der Waals surface area contributed by atoms with Crippen molar-refractivity contribution < 1.29 is 14.0 Å². The maximum Gasteiger partial charge on any atom is 0.253 e. The van der Waals surface area contributed by atoms with Crippen LogP contribution in [0.15, 0.2) is 36.7 Å². The fraction of sp³-hybridized carbons (Fsp3) is 0.400. The third kappa shape index (κ3) is 4.60. The molecule has 36 heavy (non-hydrogen) atoms. The Hall–Kier alpha value is -4.02. The predicted octanol–water partition coefficient (Wildman–Crippen LogP) is 2.99. The normalized spacial score (nSPS) is 18.1. The monoisotopic (exact) mass is 492 g/mol. The summed E-state index contributed by atoms with van der Waals surface area (Å²) in [5.74, 6) is 0.684. The standard InChI is InChI=1S/C25H29FN8O2/c1-15-21-22(32(3)16(2)23(35)30-21)31-25(29-15)27-12-17-13-28-34(14-17)20-8-10-33(11-9-20)24(36)18-4-6-19(26)7-5-18/h4-7,13-14,16,20H,8-12H2,1-3H3,(H,30,35)(H,27,29,31)/t16-/m0/s1. The quantitative estimate of drug-likeness (QED) is 0.564. The van der Waals surface area contributed by atoms with Gasteiger partial charge in [0.05, 0.1) is 17.9 Å². The van der Waals surface area contributed by atoms with Crippen molar-refractivity contribution >= 4 is 29.3 Å². The molecule has 0 unspecified atom stereocenters. The number of nitrogens with zero attached hydrogens (tertiary/aromatic N) is 6. The first kappa shape index (κ1) is 23.7. The molecule has 2 aromatic heterocycles. The Morgan fingerprint density at radius 2 is 1.92 bits per heavy atom. The molecule has 0 radical (unpaired) electrons. The van der Waals surface area contributed by atoms with E-state index in [0.29, 0.717) is 48.3 Å². The topological polar surface area (TPSA) is 108 Å². The summed E-state index contributed by atoms with van der Waals surface area (Å²) < 4.78 is 15.1. The molecular weight excluding hydrogens is 463 g/mol. The molecule has 0 saturated carbocycles. The molecule has 0 spiro atoms. The van der Waals surface area contributed by atoms with Crippen LogP contribution in [0.1, 0.15) is 47.4 Å². The summed E-state index contributed by atoms with van der Waals surface area (Å²) in [6.45, 7) is 5.44. The summed E-state index contributed by atoms with van der Waals surface area (Å²) in [6.07, 6.45) is 5.42. The molecule has 3 aromatic rings. The van der Waals surface area contributed by atoms with E-state index in [9.17, 15) is 14.0 Å². The molecule has 2 aliphatic rings. The zero-order chi connectivity index (χ0) is 25.4. The van der Waals surface area contributed by atoms with Crippen LogP contribution in [-0.2, 0) is 11.3 Å². The molecule has 2 aliphatic heterocycles. The van der Waals surface area contributed by atoms with Crippen molar-refractivity contribution in [3.05, 3.63) is 59.3 Å². The van der Waals surface area contributed by atoms with Gasteiger partial charge in [-0.1, -0.05) is 0 Å². The molecule has 0 bridgehead atoms. The Bertz CT molecular complexity index is 1280. The minimum atomic E-state index is -0.349. The van der Waals surface area contributed by atoms with Crippen molar-refractivity contribution in [3.8, 4) is 0 Å². The van der Waals surface area contributed by atoms with Gasteiger partial charge in [0.1, 0.15) is 17.5 Å². The summed E-state index contributed by atoms with van der Waals surface area (Å²) in [4.78, 5) is 37.6. The van der Waals surface area contributed by atoms with E-state index in [1.165, 1.54) is 24.3 Å². The number of likely N-dealkylation sites (N-methyl/N-ethyl adjacent to an activating group) is 1. The highest BCUT2D eigenvalue weighted by atomic mass is 19.1. The molecule has 2 amide bonds. The molecule has 1 fully saturated rings. The number of hydrogen-bond donors (Lipinski definition) is 2. The number of halogens is 1. The molecule has 11 heteroatoms. The van der Waals surface area contributed by atoms with Gasteiger partial charge in [-0.15, -0.1) is 0 Å². The van der Waals surface area contributed by atoms with Crippen LogP contribution in [0.4, 0.5) is 21.8 Å². The molecule has 5 rings (SSSR count). The van der Waals surface area contributed by atoms with Crippen molar-refractivity contribution in [2.24, 2.45) is 0 Å². The first-order valence-corrected chi connectivity index (χ1v) is 12.0. The number of piperidine rings is 1. The Morgan fingerprint density at radius 1 is 1.19 bits per heavy atom. The van der Waals surface area contributed by atoms with Crippen molar-refractivity contribution in [1.82, 2.24) is 24.6 Å². The van der Waals surface area contributed by atoms with Crippen molar-refractivity contribution in [1.29, 1.82) is 0 Å². The largest absolute Gasteiger partial charge is 0.350 e. The molecule has 2 N–H and O–H groups in total. The maximum atomic E-state index is 13.2. The van der Waals surface area contributed by atoms with Gasteiger partial charge in [-0.05, 0) is 51.0 Å². The lowest BCUT2D eigenvalue weighted by Crippen LogP contribution is -2.44. The lowest BCUT2D eigenvalue weighted by atomic mass is 10.0. The summed E-state index contributed by atoms with van der Waals surface area (Å²) in [7, 11) is 1.85. The van der Waals surface area contributed by atoms with Gasteiger partial charge in [0.15, 0.2) is 5.82 Å². The third-order valence-corrected chi connectivity index (χ3v) is 6.94. The van der Waals surface area contributed by atoms with Crippen LogP contribution in [0.3, 0.4) is 0 Å². The molecule has 1 atom stereocenters. The second-order valence-electron chi connectivity index (χ2n) is 9.32. The Kier molecular flexibility index (Phi) is 6.29. The van der Waals surface area contributed by atoms with Crippen LogP contribution in [-0.4, -0.2) is 62.6 Å². The van der Waals surface area contributed by atoms with E-state index in [0.717, 1.165) is 18.4 Å². The lowest BCUT2D eigenvalue weighted by Gasteiger charge is -2.32. The van der Waals surface area contributed by atoms with Crippen LogP contribution < -0.4 is 15.5 Å². The average Bonchev–Trinajstić information content (AvgIpc) is 3.36. The van der Waals surface area contributed by atoms with Crippen molar-refractivity contribution in [3.63, 3.8) is 0 Å². The summed E-state index contributed by atoms with van der Waals surface area (Å²) >= 11 is 0. The summed E-state index contributed by atoms with van der Waals surface area (Å²) in [6, 6.07) is 5.57. The third-order valence-electron chi connectivity index (χ3n) is 6.94. The SMILES string of the molecule is Cc1nc(NCc2cnn(C3CCN(C(=O)c4ccc(F)cc4)CC3)c2)nc2c1NC(=O)[C@H](C)N2C. The van der Waals surface area contributed by atoms with E-state index < -0.39 is 0 Å². The number of likely N-dealkylation sites (tertiary alicyclic amines) is 1. The van der Waals surface area contributed by atoms with Gasteiger partial charge >= 0.3 is 0 Å². The number of amides is 2. The van der Waals surface area contributed by atoms with Gasteiger partial charge in [0.25, 0.3) is 5.91 Å². The highest BCUT2D eigenvalue weighted by Gasteiger charge is 2.30. The summed E-state index contributed by atoms with van der Waals surface area (Å²) in [5, 5.41) is 10.7. The number of carbonyl (C=O) groups excluding carboxylic acids is 2. The van der Waals surface area contributed by atoms with Crippen LogP contribution in [0.5, 0.6) is 0 Å². The first-order chi connectivity index (χ1) is 17.3. The number of aryl methyl sites for hydroxylation is 1. The van der Waals surface area contributed by atoms with E-state index in [4.69, 9.17) is 0 Å². The number of benzene rings is 1. The molecular formula is C25H29FN8O2. The molecule has 1 aromatic carbocycles. The van der Waals surface area contributed by atoms with Crippen LogP contribution in [0.2, 0.25) is 0 Å². The number of nitrogens with one attached hydrogen (secondary N) is 2. The highest BCUT2D eigenvalue weighted by Crippen LogP contribution is 2.32. The molecule has 4 heterocycles. The van der Waals surface area contributed by atoms with Gasteiger partial charge in [-0.3, -0.25) is 14.3 Å². The van der Waals surface area contributed by atoms with Crippen LogP contribution >= 0.6 is 0 Å². The number of aromatic nitrogens is 4. The molecule has 1 saturated heterocycles. The van der Waals surface area contributed by atoms with E-state index >= 15 is 0 Å². The van der Waals surface area contributed by atoms with Gasteiger partial charge in [0, 0.05) is 44.0 Å². The second-order valence-corrected chi connectivity index (χ2v) is 9.32. The van der Waals surface area contributed by atoms with Gasteiger partial charge in [-0.25, -0.2) is 9.37 Å².